The average molecular weight is 239 g/mol. The summed E-state index contributed by atoms with van der Waals surface area (Å²) in [6.45, 7) is 5.70. The first kappa shape index (κ1) is 12.6. The molecule has 1 aromatic rings. The summed E-state index contributed by atoms with van der Waals surface area (Å²) in [7, 11) is 0. The summed E-state index contributed by atoms with van der Waals surface area (Å²) < 4.78 is 10.8. The van der Waals surface area contributed by atoms with E-state index in [1.165, 1.54) is 0 Å². The first-order valence-electron chi connectivity index (χ1n) is 6.19. The van der Waals surface area contributed by atoms with E-state index in [-0.39, 0.29) is 6.61 Å². The minimum Gasteiger partial charge on any atom is -0.462 e. The zero-order chi connectivity index (χ0) is 12.1. The molecular weight excluding hydrogens is 218 g/mol. The van der Waals surface area contributed by atoms with Gasteiger partial charge in [-0.15, -0.1) is 0 Å². The van der Waals surface area contributed by atoms with E-state index in [1.807, 2.05) is 12.1 Å². The van der Waals surface area contributed by atoms with E-state index >= 15 is 0 Å². The Bertz CT molecular complexity index is 342. The van der Waals surface area contributed by atoms with Gasteiger partial charge in [0.05, 0.1) is 6.54 Å². The quantitative estimate of drug-likeness (QED) is 0.821. The molecule has 96 valence electrons. The van der Waals surface area contributed by atoms with Crippen molar-refractivity contribution in [2.75, 3.05) is 19.8 Å². The molecule has 0 saturated carbocycles. The Hall–Kier alpha value is -0.840. The molecule has 0 unspecified atom stereocenters. The number of rotatable bonds is 5. The van der Waals surface area contributed by atoms with Gasteiger partial charge in [0.2, 0.25) is 0 Å². The van der Waals surface area contributed by atoms with Crippen LogP contribution in [0.4, 0.5) is 0 Å². The molecule has 1 aromatic heterocycles. The van der Waals surface area contributed by atoms with Gasteiger partial charge in [0.1, 0.15) is 18.1 Å². The highest BCUT2D eigenvalue weighted by Crippen LogP contribution is 2.28. The lowest BCUT2D eigenvalue weighted by atomic mass is 9.82. The van der Waals surface area contributed by atoms with E-state index in [0.717, 1.165) is 44.9 Å². The topological polar surface area (TPSA) is 54.6 Å². The molecule has 1 aliphatic heterocycles. The van der Waals surface area contributed by atoms with Crippen LogP contribution in [0.2, 0.25) is 0 Å². The van der Waals surface area contributed by atoms with Crippen LogP contribution in [-0.2, 0) is 17.9 Å². The molecular formula is C13H21NO3. The zero-order valence-corrected chi connectivity index (χ0v) is 10.4. The second-order valence-electron chi connectivity index (χ2n) is 5.05. The van der Waals surface area contributed by atoms with Crippen LogP contribution in [0.1, 0.15) is 31.3 Å². The molecule has 0 bridgehead atoms. The number of hydrogen-bond donors (Lipinski definition) is 2. The van der Waals surface area contributed by atoms with E-state index in [0.29, 0.717) is 11.2 Å². The molecule has 0 spiro atoms. The van der Waals surface area contributed by atoms with Crippen molar-refractivity contribution in [2.24, 2.45) is 5.41 Å². The predicted octanol–water partition coefficient (Wildman–Crippen LogP) is 1.68. The smallest absolute Gasteiger partial charge is 0.129 e. The van der Waals surface area contributed by atoms with Crippen molar-refractivity contribution in [1.29, 1.82) is 0 Å². The number of aliphatic hydroxyl groups excluding tert-OH is 1. The first-order chi connectivity index (χ1) is 8.22. The lowest BCUT2D eigenvalue weighted by Crippen LogP contribution is -2.36. The van der Waals surface area contributed by atoms with Gasteiger partial charge in [-0.25, -0.2) is 0 Å². The highest BCUT2D eigenvalue weighted by atomic mass is 16.5. The van der Waals surface area contributed by atoms with Crippen molar-refractivity contribution in [2.45, 2.75) is 32.9 Å². The molecule has 1 fully saturated rings. The Morgan fingerprint density at radius 2 is 2.00 bits per heavy atom. The lowest BCUT2D eigenvalue weighted by Gasteiger charge is -2.33. The zero-order valence-electron chi connectivity index (χ0n) is 10.4. The molecule has 0 radical (unpaired) electrons. The third-order valence-electron chi connectivity index (χ3n) is 3.42. The van der Waals surface area contributed by atoms with Gasteiger partial charge in [-0.2, -0.15) is 0 Å². The molecule has 4 heteroatoms. The molecule has 2 rings (SSSR count). The summed E-state index contributed by atoms with van der Waals surface area (Å²) in [6.07, 6.45) is 2.22. The van der Waals surface area contributed by atoms with E-state index in [1.54, 1.807) is 0 Å². The number of furan rings is 1. The molecule has 1 aliphatic rings. The third-order valence-corrected chi connectivity index (χ3v) is 3.42. The van der Waals surface area contributed by atoms with Crippen LogP contribution < -0.4 is 5.32 Å². The number of ether oxygens (including phenoxy) is 1. The molecule has 4 nitrogen and oxygen atoms in total. The summed E-state index contributed by atoms with van der Waals surface area (Å²) in [5, 5.41) is 12.3. The van der Waals surface area contributed by atoms with Crippen molar-refractivity contribution >= 4 is 0 Å². The van der Waals surface area contributed by atoms with Crippen molar-refractivity contribution < 1.29 is 14.3 Å². The van der Waals surface area contributed by atoms with E-state index < -0.39 is 0 Å². The highest BCUT2D eigenvalue weighted by molar-refractivity contribution is 5.06. The second-order valence-corrected chi connectivity index (χ2v) is 5.05. The average Bonchev–Trinajstić information content (AvgIpc) is 2.78. The maximum absolute atomic E-state index is 8.89. The normalized spacial score (nSPS) is 19.4. The van der Waals surface area contributed by atoms with Crippen LogP contribution in [0.25, 0.3) is 0 Å². The fourth-order valence-corrected chi connectivity index (χ4v) is 2.13. The Kier molecular flexibility index (Phi) is 4.20. The van der Waals surface area contributed by atoms with Crippen molar-refractivity contribution in [1.82, 2.24) is 5.32 Å². The third kappa shape index (κ3) is 3.56. The van der Waals surface area contributed by atoms with E-state index in [2.05, 4.69) is 12.2 Å². The predicted molar refractivity (Wildman–Crippen MR) is 64.5 cm³/mol. The van der Waals surface area contributed by atoms with Gasteiger partial charge >= 0.3 is 0 Å². The summed E-state index contributed by atoms with van der Waals surface area (Å²) in [6, 6.07) is 3.72. The monoisotopic (exact) mass is 239 g/mol. The number of hydrogen-bond acceptors (Lipinski definition) is 4. The minimum atomic E-state index is -0.0327. The van der Waals surface area contributed by atoms with Crippen LogP contribution in [0, 0.1) is 5.41 Å². The summed E-state index contributed by atoms with van der Waals surface area (Å²) in [5.74, 6) is 1.50. The highest BCUT2D eigenvalue weighted by Gasteiger charge is 2.26. The van der Waals surface area contributed by atoms with Crippen molar-refractivity contribution in [3.8, 4) is 0 Å². The van der Waals surface area contributed by atoms with Gasteiger partial charge in [-0.1, -0.05) is 6.92 Å². The molecule has 17 heavy (non-hydrogen) atoms. The van der Waals surface area contributed by atoms with Gasteiger partial charge in [-0.05, 0) is 30.4 Å². The van der Waals surface area contributed by atoms with Crippen LogP contribution in [0.5, 0.6) is 0 Å². The Morgan fingerprint density at radius 3 is 2.65 bits per heavy atom. The Morgan fingerprint density at radius 1 is 1.29 bits per heavy atom. The summed E-state index contributed by atoms with van der Waals surface area (Å²) in [4.78, 5) is 0. The van der Waals surface area contributed by atoms with Gasteiger partial charge in [0.25, 0.3) is 0 Å². The van der Waals surface area contributed by atoms with Gasteiger partial charge in [0.15, 0.2) is 0 Å². The largest absolute Gasteiger partial charge is 0.462 e. The molecule has 0 aliphatic carbocycles. The first-order valence-corrected chi connectivity index (χ1v) is 6.19. The molecule has 1 saturated heterocycles. The van der Waals surface area contributed by atoms with E-state index in [9.17, 15) is 0 Å². The van der Waals surface area contributed by atoms with Gasteiger partial charge in [-0.3, -0.25) is 0 Å². The molecule has 2 N–H and O–H groups in total. The van der Waals surface area contributed by atoms with Crippen LogP contribution in [0.3, 0.4) is 0 Å². The standard InChI is InChI=1S/C13H21NO3/c1-13(4-6-16-7-5-13)10-14-8-11-2-3-12(9-15)17-11/h2-3,14-15H,4-10H2,1H3. The Balaban J connectivity index is 1.74. The van der Waals surface area contributed by atoms with Crippen molar-refractivity contribution in [3.05, 3.63) is 23.7 Å². The van der Waals surface area contributed by atoms with Gasteiger partial charge < -0.3 is 19.6 Å². The second kappa shape index (κ2) is 5.67. The number of aliphatic hydroxyl groups is 1. The van der Waals surface area contributed by atoms with Crippen LogP contribution in [-0.4, -0.2) is 24.9 Å². The van der Waals surface area contributed by atoms with Crippen LogP contribution >= 0.6 is 0 Å². The number of nitrogens with one attached hydrogen (secondary N) is 1. The maximum Gasteiger partial charge on any atom is 0.129 e. The molecule has 0 amide bonds. The lowest BCUT2D eigenvalue weighted by molar-refractivity contribution is 0.0238. The SMILES string of the molecule is CC1(CNCc2ccc(CO)o2)CCOCC1. The molecule has 0 atom stereocenters. The summed E-state index contributed by atoms with van der Waals surface area (Å²) >= 11 is 0. The van der Waals surface area contributed by atoms with Crippen molar-refractivity contribution in [3.63, 3.8) is 0 Å². The van der Waals surface area contributed by atoms with E-state index in [4.69, 9.17) is 14.3 Å². The van der Waals surface area contributed by atoms with Gasteiger partial charge in [0, 0.05) is 19.8 Å². The molecule has 2 heterocycles. The molecule has 0 aromatic carbocycles. The Labute approximate surface area is 102 Å². The minimum absolute atomic E-state index is 0.0327. The summed E-state index contributed by atoms with van der Waals surface area (Å²) in [5.41, 5.74) is 0.338. The fraction of sp³-hybridized carbons (Fsp3) is 0.692. The fourth-order valence-electron chi connectivity index (χ4n) is 2.13. The maximum atomic E-state index is 8.89. The van der Waals surface area contributed by atoms with Crippen LogP contribution in [0.15, 0.2) is 16.5 Å².